The summed E-state index contributed by atoms with van der Waals surface area (Å²) in [5.41, 5.74) is 1.03. The van der Waals surface area contributed by atoms with Gasteiger partial charge in [0, 0.05) is 11.0 Å². The molecule has 0 bridgehead atoms. The zero-order chi connectivity index (χ0) is 15.2. The summed E-state index contributed by atoms with van der Waals surface area (Å²) >= 11 is 3.33. The molecule has 20 heavy (non-hydrogen) atoms. The minimum Gasteiger partial charge on any atom is -0.211 e. The third kappa shape index (κ3) is 5.19. The van der Waals surface area contributed by atoms with E-state index in [2.05, 4.69) is 34.5 Å². The Balaban J connectivity index is 2.74. The second kappa shape index (κ2) is 8.15. The second-order valence-electron chi connectivity index (χ2n) is 5.20. The molecule has 0 spiro atoms. The Morgan fingerprint density at radius 2 is 2.00 bits per heavy atom. The molecule has 0 heterocycles. The van der Waals surface area contributed by atoms with Crippen LogP contribution in [0.2, 0.25) is 0 Å². The molecule has 0 aliphatic carbocycles. The molecule has 0 saturated carbocycles. The summed E-state index contributed by atoms with van der Waals surface area (Å²) in [5, 5.41) is 0. The highest BCUT2D eigenvalue weighted by Crippen LogP contribution is 2.23. The summed E-state index contributed by atoms with van der Waals surface area (Å²) in [4.78, 5) is 0.313. The topological polar surface area (TPSA) is 46.2 Å². The lowest BCUT2D eigenvalue weighted by atomic mass is 10.00. The zero-order valence-corrected chi connectivity index (χ0v) is 14.9. The number of halogens is 1. The second-order valence-corrected chi connectivity index (χ2v) is 7.79. The first-order valence-corrected chi connectivity index (χ1v) is 9.44. The smallest absolute Gasteiger partial charge is 0.211 e. The molecule has 1 unspecified atom stereocenters. The molecule has 1 atom stereocenters. The number of rotatable bonds is 8. The van der Waals surface area contributed by atoms with Crippen LogP contribution in [0.1, 0.15) is 45.1 Å². The van der Waals surface area contributed by atoms with Crippen LogP contribution in [-0.2, 0) is 10.0 Å². The Hall–Kier alpha value is -0.390. The monoisotopic (exact) mass is 361 g/mol. The summed E-state index contributed by atoms with van der Waals surface area (Å²) in [5.74, 6) is 0.411. The van der Waals surface area contributed by atoms with Crippen molar-refractivity contribution in [2.45, 2.75) is 51.3 Å². The predicted molar refractivity (Wildman–Crippen MR) is 87.4 cm³/mol. The highest BCUT2D eigenvalue weighted by molar-refractivity contribution is 9.10. The molecule has 5 heteroatoms. The molecule has 114 valence electrons. The van der Waals surface area contributed by atoms with Crippen molar-refractivity contribution in [1.82, 2.24) is 4.72 Å². The molecule has 1 N–H and O–H groups in total. The number of nitrogens with one attached hydrogen (secondary N) is 1. The fraction of sp³-hybridized carbons (Fsp3) is 0.600. The minimum absolute atomic E-state index is 0.313. The number of aryl methyl sites for hydroxylation is 1. The molecule has 1 aromatic rings. The minimum atomic E-state index is -3.43. The van der Waals surface area contributed by atoms with Crippen LogP contribution in [0.5, 0.6) is 0 Å². The van der Waals surface area contributed by atoms with Crippen molar-refractivity contribution in [3.8, 4) is 0 Å². The van der Waals surface area contributed by atoms with Crippen molar-refractivity contribution < 1.29 is 8.42 Å². The highest BCUT2D eigenvalue weighted by Gasteiger charge is 2.18. The summed E-state index contributed by atoms with van der Waals surface area (Å²) < 4.78 is 28.0. The number of hydrogen-bond acceptors (Lipinski definition) is 2. The Morgan fingerprint density at radius 3 is 2.55 bits per heavy atom. The van der Waals surface area contributed by atoms with Gasteiger partial charge in [-0.15, -0.1) is 0 Å². The van der Waals surface area contributed by atoms with Crippen LogP contribution in [0.4, 0.5) is 0 Å². The predicted octanol–water partition coefficient (Wildman–Crippen LogP) is 4.25. The van der Waals surface area contributed by atoms with Crippen LogP contribution in [0.25, 0.3) is 0 Å². The normalized spacial score (nSPS) is 13.4. The Labute approximate surface area is 131 Å². The van der Waals surface area contributed by atoms with Crippen molar-refractivity contribution in [2.24, 2.45) is 5.92 Å². The van der Waals surface area contributed by atoms with E-state index < -0.39 is 10.0 Å². The van der Waals surface area contributed by atoms with Gasteiger partial charge in [0.25, 0.3) is 0 Å². The van der Waals surface area contributed by atoms with Gasteiger partial charge in [0.15, 0.2) is 0 Å². The molecule has 3 nitrogen and oxygen atoms in total. The summed E-state index contributed by atoms with van der Waals surface area (Å²) in [6, 6.07) is 5.28. The lowest BCUT2D eigenvalue weighted by Gasteiger charge is -2.16. The van der Waals surface area contributed by atoms with Gasteiger partial charge in [-0.05, 0) is 52.9 Å². The maximum absolute atomic E-state index is 12.3. The highest BCUT2D eigenvalue weighted by atomic mass is 79.9. The van der Waals surface area contributed by atoms with E-state index in [1.165, 1.54) is 0 Å². The van der Waals surface area contributed by atoms with Gasteiger partial charge in [-0.25, -0.2) is 13.1 Å². The average Bonchev–Trinajstić information content (AvgIpc) is 2.38. The van der Waals surface area contributed by atoms with Crippen LogP contribution in [-0.4, -0.2) is 15.0 Å². The maximum atomic E-state index is 12.3. The van der Waals surface area contributed by atoms with Crippen LogP contribution in [0, 0.1) is 12.8 Å². The van der Waals surface area contributed by atoms with Crippen molar-refractivity contribution in [1.29, 1.82) is 0 Å². The van der Waals surface area contributed by atoms with Crippen molar-refractivity contribution >= 4 is 26.0 Å². The fourth-order valence-corrected chi connectivity index (χ4v) is 4.38. The van der Waals surface area contributed by atoms with E-state index in [4.69, 9.17) is 0 Å². The molecule has 0 amide bonds. The van der Waals surface area contributed by atoms with Gasteiger partial charge >= 0.3 is 0 Å². The van der Waals surface area contributed by atoms with Gasteiger partial charge in [0.1, 0.15) is 0 Å². The fourth-order valence-electron chi connectivity index (χ4n) is 2.07. The van der Waals surface area contributed by atoms with Gasteiger partial charge in [-0.3, -0.25) is 0 Å². The number of hydrogen-bond donors (Lipinski definition) is 1. The molecule has 0 radical (unpaired) electrons. The average molecular weight is 362 g/mol. The Kier molecular flexibility index (Phi) is 7.20. The first-order valence-electron chi connectivity index (χ1n) is 7.16. The first kappa shape index (κ1) is 17.7. The van der Waals surface area contributed by atoms with E-state index in [9.17, 15) is 8.42 Å². The van der Waals surface area contributed by atoms with Crippen molar-refractivity contribution in [3.63, 3.8) is 0 Å². The molecule has 0 fully saturated rings. The molecular weight excluding hydrogens is 338 g/mol. The van der Waals surface area contributed by atoms with Crippen LogP contribution < -0.4 is 4.72 Å². The molecule has 1 rings (SSSR count). The maximum Gasteiger partial charge on any atom is 0.241 e. The summed E-state index contributed by atoms with van der Waals surface area (Å²) in [7, 11) is -3.43. The summed E-state index contributed by atoms with van der Waals surface area (Å²) in [6.07, 6.45) is 4.36. The molecule has 0 saturated heterocycles. The molecule has 0 aliphatic heterocycles. The third-order valence-corrected chi connectivity index (χ3v) is 5.88. The van der Waals surface area contributed by atoms with Gasteiger partial charge in [-0.2, -0.15) is 0 Å². The molecule has 0 aromatic heterocycles. The number of unbranched alkanes of at least 4 members (excludes halogenated alkanes) is 1. The van der Waals surface area contributed by atoms with E-state index in [0.717, 1.165) is 31.2 Å². The Morgan fingerprint density at radius 1 is 1.30 bits per heavy atom. The largest absolute Gasteiger partial charge is 0.241 e. The first-order chi connectivity index (χ1) is 9.40. The summed E-state index contributed by atoms with van der Waals surface area (Å²) in [6.45, 7) is 6.71. The lowest BCUT2D eigenvalue weighted by molar-refractivity contribution is 0.443. The number of benzene rings is 1. The quantitative estimate of drug-likeness (QED) is 0.751. The van der Waals surface area contributed by atoms with E-state index in [0.29, 0.717) is 21.8 Å². The third-order valence-electron chi connectivity index (χ3n) is 3.48. The zero-order valence-electron chi connectivity index (χ0n) is 12.4. The standard InChI is InChI=1S/C15H24BrNO2S/c1-4-6-7-13(5-2)11-17-20(18,19)15-9-8-12(3)10-14(15)16/h8-10,13,17H,4-7,11H2,1-3H3. The van der Waals surface area contributed by atoms with E-state index >= 15 is 0 Å². The molecule has 1 aromatic carbocycles. The lowest BCUT2D eigenvalue weighted by Crippen LogP contribution is -2.29. The van der Waals surface area contributed by atoms with Crippen molar-refractivity contribution in [2.75, 3.05) is 6.54 Å². The SMILES string of the molecule is CCCCC(CC)CNS(=O)(=O)c1ccc(C)cc1Br. The number of sulfonamides is 1. The van der Waals surface area contributed by atoms with E-state index in [1.54, 1.807) is 6.07 Å². The van der Waals surface area contributed by atoms with E-state index in [-0.39, 0.29) is 0 Å². The van der Waals surface area contributed by atoms with Crippen LogP contribution >= 0.6 is 15.9 Å². The van der Waals surface area contributed by atoms with Gasteiger partial charge in [0.2, 0.25) is 10.0 Å². The van der Waals surface area contributed by atoms with Gasteiger partial charge in [-0.1, -0.05) is 39.2 Å². The molecule has 0 aliphatic rings. The molecular formula is C15H24BrNO2S. The van der Waals surface area contributed by atoms with Crippen molar-refractivity contribution in [3.05, 3.63) is 28.2 Å². The van der Waals surface area contributed by atoms with Gasteiger partial charge in [0.05, 0.1) is 4.90 Å². The van der Waals surface area contributed by atoms with E-state index in [1.807, 2.05) is 19.1 Å². The van der Waals surface area contributed by atoms with Crippen LogP contribution in [0.15, 0.2) is 27.6 Å². The van der Waals surface area contributed by atoms with Crippen LogP contribution in [0.3, 0.4) is 0 Å². The van der Waals surface area contributed by atoms with Gasteiger partial charge < -0.3 is 0 Å². The Bertz CT molecular complexity index is 529.